The van der Waals surface area contributed by atoms with Gasteiger partial charge in [-0.1, -0.05) is 19.1 Å². The van der Waals surface area contributed by atoms with Gasteiger partial charge >= 0.3 is 0 Å². The van der Waals surface area contributed by atoms with Gasteiger partial charge in [0.15, 0.2) is 0 Å². The number of anilines is 1. The van der Waals surface area contributed by atoms with Gasteiger partial charge in [0.05, 0.1) is 6.04 Å². The molecule has 0 unspecified atom stereocenters. The zero-order valence-corrected chi connectivity index (χ0v) is 10.5. The summed E-state index contributed by atoms with van der Waals surface area (Å²) in [6.07, 6.45) is 3.41. The monoisotopic (exact) mass is 232 g/mol. The van der Waals surface area contributed by atoms with E-state index in [0.29, 0.717) is 6.04 Å². The van der Waals surface area contributed by atoms with Gasteiger partial charge in [0.25, 0.3) is 0 Å². The number of nitrogens with one attached hydrogen (secondary N) is 1. The van der Waals surface area contributed by atoms with Crippen LogP contribution in [0.15, 0.2) is 29.3 Å². The molecule has 1 aromatic carbocycles. The molecule has 0 radical (unpaired) electrons. The fourth-order valence-corrected chi connectivity index (χ4v) is 1.67. The zero-order valence-electron chi connectivity index (χ0n) is 10.5. The van der Waals surface area contributed by atoms with Gasteiger partial charge in [0.1, 0.15) is 0 Å². The van der Waals surface area contributed by atoms with E-state index >= 15 is 0 Å². The minimum absolute atomic E-state index is 0.457. The lowest BCUT2D eigenvalue weighted by molar-refractivity contribution is 0.932. The molecule has 17 heavy (non-hydrogen) atoms. The Bertz CT molecular complexity index is 392. The van der Waals surface area contributed by atoms with Gasteiger partial charge in [-0.05, 0) is 37.0 Å². The number of nitrogens with zero attached hydrogens (tertiary/aromatic N) is 2. The third-order valence-electron chi connectivity index (χ3n) is 3.03. The number of benzene rings is 1. The van der Waals surface area contributed by atoms with E-state index in [0.717, 1.165) is 18.1 Å². The zero-order chi connectivity index (χ0) is 12.3. The highest BCUT2D eigenvalue weighted by atomic mass is 15.4. The van der Waals surface area contributed by atoms with Gasteiger partial charge in [0, 0.05) is 12.7 Å². The molecule has 0 bridgehead atoms. The van der Waals surface area contributed by atoms with Crippen molar-refractivity contribution in [3.63, 3.8) is 0 Å². The summed E-state index contributed by atoms with van der Waals surface area (Å²) >= 11 is 0. The fraction of sp³-hybridized carbons (Fsp3) is 0.462. The summed E-state index contributed by atoms with van der Waals surface area (Å²) in [5.41, 5.74) is 5.11. The first-order valence-electron chi connectivity index (χ1n) is 6.11. The van der Waals surface area contributed by atoms with Crippen molar-refractivity contribution in [1.82, 2.24) is 5.43 Å². The lowest BCUT2D eigenvalue weighted by atomic mass is 10.1. The Balaban J connectivity index is 2.13. The van der Waals surface area contributed by atoms with Crippen molar-refractivity contribution in [3.8, 4) is 0 Å². The van der Waals surface area contributed by atoms with Crippen molar-refractivity contribution >= 4 is 11.6 Å². The van der Waals surface area contributed by atoms with E-state index in [1.54, 1.807) is 0 Å². The molecule has 0 aromatic heterocycles. The van der Waals surface area contributed by atoms with Crippen molar-refractivity contribution in [2.24, 2.45) is 10.8 Å². The number of aliphatic imine (C=N–C) groups is 1. The molecule has 2 rings (SSSR count). The average Bonchev–Trinajstić information content (AvgIpc) is 3.19. The van der Waals surface area contributed by atoms with Crippen molar-refractivity contribution in [3.05, 3.63) is 29.8 Å². The maximum absolute atomic E-state index is 5.52. The lowest BCUT2D eigenvalue weighted by Gasteiger charge is -2.21. The summed E-state index contributed by atoms with van der Waals surface area (Å²) in [4.78, 5) is 6.52. The van der Waals surface area contributed by atoms with Crippen LogP contribution in [0.25, 0.3) is 0 Å². The molecular weight excluding hydrogens is 212 g/mol. The molecule has 3 N–H and O–H groups in total. The Morgan fingerprint density at radius 3 is 2.53 bits per heavy atom. The van der Waals surface area contributed by atoms with Crippen molar-refractivity contribution in [2.75, 3.05) is 11.9 Å². The van der Waals surface area contributed by atoms with Crippen LogP contribution in [-0.4, -0.2) is 19.0 Å². The third kappa shape index (κ3) is 2.97. The largest absolute Gasteiger partial charge is 0.315 e. The van der Waals surface area contributed by atoms with Gasteiger partial charge < -0.3 is 4.90 Å². The van der Waals surface area contributed by atoms with Crippen LogP contribution in [0, 0.1) is 0 Å². The number of hydrogen-bond donors (Lipinski definition) is 2. The minimum Gasteiger partial charge on any atom is -0.315 e. The van der Waals surface area contributed by atoms with Crippen LogP contribution in [0.2, 0.25) is 0 Å². The highest BCUT2D eigenvalue weighted by Gasteiger charge is 2.22. The molecule has 0 amide bonds. The number of rotatable bonds is 3. The summed E-state index contributed by atoms with van der Waals surface area (Å²) in [7, 11) is 1.97. The third-order valence-corrected chi connectivity index (χ3v) is 3.03. The molecule has 1 aliphatic rings. The highest BCUT2D eigenvalue weighted by Crippen LogP contribution is 2.24. The molecule has 0 spiro atoms. The molecule has 1 aliphatic carbocycles. The topological polar surface area (TPSA) is 53.6 Å². The van der Waals surface area contributed by atoms with Crippen molar-refractivity contribution in [1.29, 1.82) is 0 Å². The molecule has 0 atom stereocenters. The Kier molecular flexibility index (Phi) is 3.64. The molecular formula is C13H20N4. The summed E-state index contributed by atoms with van der Waals surface area (Å²) in [6, 6.07) is 8.92. The molecule has 1 saturated carbocycles. The second kappa shape index (κ2) is 5.19. The van der Waals surface area contributed by atoms with Crippen LogP contribution in [0.1, 0.15) is 25.3 Å². The van der Waals surface area contributed by atoms with Crippen LogP contribution in [0.5, 0.6) is 0 Å². The smallest absolute Gasteiger partial charge is 0.212 e. The van der Waals surface area contributed by atoms with E-state index in [9.17, 15) is 0 Å². The molecule has 1 fully saturated rings. The number of hydrazine groups is 1. The van der Waals surface area contributed by atoms with E-state index in [4.69, 9.17) is 5.84 Å². The van der Waals surface area contributed by atoms with E-state index in [1.165, 1.54) is 18.4 Å². The van der Waals surface area contributed by atoms with Gasteiger partial charge in [-0.25, -0.2) is 10.8 Å². The van der Waals surface area contributed by atoms with E-state index < -0.39 is 0 Å². The fourth-order valence-electron chi connectivity index (χ4n) is 1.67. The normalized spacial score (nSPS) is 15.8. The number of guanidine groups is 1. The Morgan fingerprint density at radius 2 is 2.06 bits per heavy atom. The van der Waals surface area contributed by atoms with Crippen molar-refractivity contribution < 1.29 is 0 Å². The Labute approximate surface area is 102 Å². The SMILES string of the molecule is CCc1ccc(N(C)C(=NC2CC2)NN)cc1. The molecule has 0 saturated heterocycles. The second-order valence-corrected chi connectivity index (χ2v) is 4.41. The van der Waals surface area contributed by atoms with E-state index in [1.807, 2.05) is 11.9 Å². The highest BCUT2D eigenvalue weighted by molar-refractivity contribution is 5.95. The standard InChI is InChI=1S/C13H20N4/c1-3-10-4-8-12(9-5-10)17(2)13(16-14)15-11-6-7-11/h4-5,8-9,11H,3,6-7,14H2,1-2H3,(H,15,16). The summed E-state index contributed by atoms with van der Waals surface area (Å²) < 4.78 is 0. The first-order valence-corrected chi connectivity index (χ1v) is 6.11. The Morgan fingerprint density at radius 1 is 1.41 bits per heavy atom. The van der Waals surface area contributed by atoms with Crippen LogP contribution < -0.4 is 16.2 Å². The quantitative estimate of drug-likeness (QED) is 0.361. The molecule has 0 aliphatic heterocycles. The Hall–Kier alpha value is -1.55. The molecule has 4 nitrogen and oxygen atoms in total. The predicted octanol–water partition coefficient (Wildman–Crippen LogP) is 1.67. The average molecular weight is 232 g/mol. The van der Waals surface area contributed by atoms with Gasteiger partial charge in [-0.3, -0.25) is 5.43 Å². The summed E-state index contributed by atoms with van der Waals surface area (Å²) in [5, 5.41) is 0. The summed E-state index contributed by atoms with van der Waals surface area (Å²) in [5.74, 6) is 6.25. The van der Waals surface area contributed by atoms with E-state index in [2.05, 4.69) is 41.6 Å². The first-order chi connectivity index (χ1) is 8.24. The number of aryl methyl sites for hydroxylation is 1. The first kappa shape index (κ1) is 11.9. The number of nitrogens with two attached hydrogens (primary N) is 1. The predicted molar refractivity (Wildman–Crippen MR) is 72.0 cm³/mol. The number of hydrogen-bond acceptors (Lipinski definition) is 2. The maximum Gasteiger partial charge on any atom is 0.212 e. The van der Waals surface area contributed by atoms with Gasteiger partial charge in [-0.15, -0.1) is 0 Å². The molecule has 92 valence electrons. The molecule has 4 heteroatoms. The second-order valence-electron chi connectivity index (χ2n) is 4.41. The summed E-state index contributed by atoms with van der Waals surface area (Å²) in [6.45, 7) is 2.15. The van der Waals surface area contributed by atoms with Gasteiger partial charge in [-0.2, -0.15) is 0 Å². The van der Waals surface area contributed by atoms with Crippen LogP contribution in [-0.2, 0) is 6.42 Å². The lowest BCUT2D eigenvalue weighted by Crippen LogP contribution is -2.43. The van der Waals surface area contributed by atoms with Crippen LogP contribution in [0.3, 0.4) is 0 Å². The molecule has 1 aromatic rings. The van der Waals surface area contributed by atoms with E-state index in [-0.39, 0.29) is 0 Å². The van der Waals surface area contributed by atoms with Crippen LogP contribution >= 0.6 is 0 Å². The molecule has 0 heterocycles. The minimum atomic E-state index is 0.457. The van der Waals surface area contributed by atoms with Crippen molar-refractivity contribution in [2.45, 2.75) is 32.2 Å². The van der Waals surface area contributed by atoms with Crippen LogP contribution in [0.4, 0.5) is 5.69 Å². The van der Waals surface area contributed by atoms with Gasteiger partial charge in [0.2, 0.25) is 5.96 Å². The maximum atomic E-state index is 5.52.